The molecule has 0 saturated carbocycles. The van der Waals surface area contributed by atoms with Gasteiger partial charge in [0, 0.05) is 49.2 Å². The second-order valence-electron chi connectivity index (χ2n) is 12.5. The van der Waals surface area contributed by atoms with Crippen molar-refractivity contribution in [1.82, 2.24) is 29.5 Å². The van der Waals surface area contributed by atoms with E-state index in [1.165, 1.54) is 0 Å². The molecule has 0 fully saturated rings. The van der Waals surface area contributed by atoms with Crippen LogP contribution in [0.25, 0.3) is 34.1 Å². The second kappa shape index (κ2) is 20.0. The fraction of sp³-hybridized carbons (Fsp3) is 0.178. The maximum Gasteiger partial charge on any atom is 0.267 e. The topological polar surface area (TPSA) is 107 Å². The molecular formula is C45H43IrN8O4-3. The fourth-order valence-corrected chi connectivity index (χ4v) is 5.81. The summed E-state index contributed by atoms with van der Waals surface area (Å²) < 4.78 is 29.2. The van der Waals surface area contributed by atoms with E-state index in [1.54, 1.807) is 40.8 Å². The van der Waals surface area contributed by atoms with Gasteiger partial charge in [-0.25, -0.2) is 0 Å². The van der Waals surface area contributed by atoms with E-state index in [2.05, 4.69) is 72.9 Å². The van der Waals surface area contributed by atoms with Gasteiger partial charge in [0.2, 0.25) is 0 Å². The number of rotatable bonds is 9. The Kier molecular flexibility index (Phi) is 14.7. The summed E-state index contributed by atoms with van der Waals surface area (Å²) in [5, 5.41) is 10.8. The van der Waals surface area contributed by atoms with Crippen LogP contribution in [0.5, 0.6) is 23.0 Å². The molecule has 8 rings (SSSR count). The van der Waals surface area contributed by atoms with Gasteiger partial charge >= 0.3 is 0 Å². The molecule has 299 valence electrons. The molecule has 0 atom stereocenters. The molecule has 0 aliphatic rings. The first kappa shape index (κ1) is 42.6. The molecule has 4 aromatic carbocycles. The van der Waals surface area contributed by atoms with E-state index >= 15 is 0 Å². The number of ether oxygens (including phenoxy) is 4. The van der Waals surface area contributed by atoms with Crippen LogP contribution in [-0.2, 0) is 20.1 Å². The molecule has 0 aliphatic heterocycles. The zero-order valence-corrected chi connectivity index (χ0v) is 35.9. The molecule has 0 aliphatic carbocycles. The van der Waals surface area contributed by atoms with Gasteiger partial charge in [0.25, 0.3) is 12.7 Å². The molecule has 0 amide bonds. The Labute approximate surface area is 352 Å². The number of pyridine rings is 1. The maximum absolute atomic E-state index is 5.31. The Balaban J connectivity index is 0.000000174. The molecule has 8 aromatic rings. The number of methoxy groups -OCH3 is 4. The van der Waals surface area contributed by atoms with E-state index in [4.69, 9.17) is 18.9 Å². The summed E-state index contributed by atoms with van der Waals surface area (Å²) in [6.07, 6.45) is 10.0. The molecule has 0 bridgehead atoms. The van der Waals surface area contributed by atoms with Crippen LogP contribution in [0.4, 0.5) is 0 Å². The van der Waals surface area contributed by atoms with Crippen molar-refractivity contribution >= 4 is 0 Å². The van der Waals surface area contributed by atoms with Gasteiger partial charge in [-0.1, -0.05) is 24.4 Å². The number of nitrogens with zero attached hydrogens (tertiary/aromatic N) is 8. The minimum atomic E-state index is 0. The van der Waals surface area contributed by atoms with Gasteiger partial charge in [0.15, 0.2) is 0 Å². The first-order valence-electron chi connectivity index (χ1n) is 17.9. The van der Waals surface area contributed by atoms with Gasteiger partial charge < -0.3 is 38.3 Å². The van der Waals surface area contributed by atoms with Crippen molar-refractivity contribution in [2.75, 3.05) is 28.4 Å². The monoisotopic (exact) mass is 952 g/mol. The number of hydrogen-bond donors (Lipinski definition) is 0. The largest absolute Gasteiger partial charge is 0.523 e. The third-order valence-electron chi connectivity index (χ3n) is 9.19. The van der Waals surface area contributed by atoms with Gasteiger partial charge in [-0.2, -0.15) is 24.3 Å². The van der Waals surface area contributed by atoms with E-state index in [1.807, 2.05) is 121 Å². The van der Waals surface area contributed by atoms with Crippen LogP contribution in [-0.4, -0.2) is 52.9 Å². The first-order chi connectivity index (χ1) is 27.7. The van der Waals surface area contributed by atoms with Crippen molar-refractivity contribution in [3.8, 4) is 57.1 Å². The third kappa shape index (κ3) is 9.86. The van der Waals surface area contributed by atoms with Gasteiger partial charge in [-0.15, -0.1) is 24.3 Å². The van der Waals surface area contributed by atoms with Crippen molar-refractivity contribution in [3.63, 3.8) is 0 Å². The minimum Gasteiger partial charge on any atom is -0.523 e. The van der Waals surface area contributed by atoms with E-state index < -0.39 is 0 Å². The molecule has 0 N–H and O–H groups in total. The molecule has 4 aromatic heterocycles. The quantitative estimate of drug-likeness (QED) is 0.120. The molecular weight excluding hydrogens is 909 g/mol. The molecule has 4 heterocycles. The summed E-state index contributed by atoms with van der Waals surface area (Å²) in [6, 6.07) is 39.3. The van der Waals surface area contributed by atoms with Crippen LogP contribution in [0.2, 0.25) is 0 Å². The Bertz CT molecular complexity index is 2260. The SMILES string of the molecule is COc1cc[c-]c(-n2[c-][n+](-c3cccc(OC)c3)c(C)c2C)c1.COc1cc[c-]c(-n2[c-][n+](-c3cccc(OC)c3)c(C)c2C)c1.[Ir].c1ccc(-c2cnn[n-]2)nc1. The van der Waals surface area contributed by atoms with E-state index in [0.29, 0.717) is 5.69 Å². The zero-order chi connectivity index (χ0) is 40.3. The van der Waals surface area contributed by atoms with Gasteiger partial charge in [-0.05, 0) is 93.3 Å². The number of aromatic nitrogens is 8. The van der Waals surface area contributed by atoms with Gasteiger partial charge in [0.1, 0.15) is 11.5 Å². The van der Waals surface area contributed by atoms with Crippen molar-refractivity contribution in [3.05, 3.63) is 163 Å². The Morgan fingerprint density at radius 3 is 1.48 bits per heavy atom. The average Bonchev–Trinajstić information content (AvgIpc) is 4.00. The Hall–Kier alpha value is -6.56. The number of imidazole rings is 2. The number of hydrogen-bond acceptors (Lipinski definition) is 7. The Morgan fingerprint density at radius 2 is 1.07 bits per heavy atom. The number of benzene rings is 4. The van der Waals surface area contributed by atoms with Crippen molar-refractivity contribution in [2.45, 2.75) is 27.7 Å². The Morgan fingerprint density at radius 1 is 0.586 bits per heavy atom. The zero-order valence-electron chi connectivity index (χ0n) is 33.5. The molecule has 0 unspecified atom stereocenters. The van der Waals surface area contributed by atoms with Crippen LogP contribution in [0.3, 0.4) is 0 Å². The summed E-state index contributed by atoms with van der Waals surface area (Å²) in [5.41, 5.74) is 9.72. The summed E-state index contributed by atoms with van der Waals surface area (Å²) in [6.45, 7) is 8.27. The van der Waals surface area contributed by atoms with Crippen LogP contribution in [0, 0.1) is 52.5 Å². The van der Waals surface area contributed by atoms with Crippen LogP contribution >= 0.6 is 0 Å². The molecule has 13 heteroatoms. The third-order valence-corrected chi connectivity index (χ3v) is 9.19. The van der Waals surface area contributed by atoms with Gasteiger partial charge in [0.05, 0.1) is 56.9 Å². The fourth-order valence-electron chi connectivity index (χ4n) is 5.81. The van der Waals surface area contributed by atoms with E-state index in [0.717, 1.165) is 74.2 Å². The van der Waals surface area contributed by atoms with Crippen LogP contribution in [0.15, 0.2) is 116 Å². The average molecular weight is 952 g/mol. The first-order valence-corrected chi connectivity index (χ1v) is 17.9. The summed E-state index contributed by atoms with van der Waals surface area (Å²) in [5.74, 6) is 3.24. The van der Waals surface area contributed by atoms with E-state index in [-0.39, 0.29) is 20.1 Å². The molecule has 1 radical (unpaired) electrons. The van der Waals surface area contributed by atoms with Crippen molar-refractivity contribution in [2.24, 2.45) is 0 Å². The van der Waals surface area contributed by atoms with E-state index in [9.17, 15) is 0 Å². The van der Waals surface area contributed by atoms with Crippen LogP contribution < -0.4 is 33.2 Å². The standard InChI is InChI=1S/2C19H19N2O2.C7H5N4.Ir/c2*1-14-15(2)21(17-8-6-10-19(12-17)23-4)13-20(14)16-7-5-9-18(11-16)22-3;1-2-4-8-6(3-1)7-5-9-11-10-7;/h2*5-7,9-12H,1-4H3;1-5H;/q3*-1;. The predicted octanol–water partition coefficient (Wildman–Crippen LogP) is 6.47. The van der Waals surface area contributed by atoms with Crippen molar-refractivity contribution in [1.29, 1.82) is 0 Å². The smallest absolute Gasteiger partial charge is 0.267 e. The van der Waals surface area contributed by atoms with Crippen LogP contribution in [0.1, 0.15) is 22.8 Å². The normalized spacial score (nSPS) is 10.3. The molecule has 12 nitrogen and oxygen atoms in total. The molecule has 0 saturated heterocycles. The summed E-state index contributed by atoms with van der Waals surface area (Å²) >= 11 is 0. The maximum atomic E-state index is 5.31. The van der Waals surface area contributed by atoms with Gasteiger partial charge in [-0.3, -0.25) is 19.3 Å². The second-order valence-corrected chi connectivity index (χ2v) is 12.5. The minimum absolute atomic E-state index is 0. The van der Waals surface area contributed by atoms with Crippen molar-refractivity contribution < 1.29 is 48.2 Å². The molecule has 58 heavy (non-hydrogen) atoms. The summed E-state index contributed by atoms with van der Waals surface area (Å²) in [7, 11) is 6.66. The predicted molar refractivity (Wildman–Crippen MR) is 214 cm³/mol. The molecule has 0 spiro atoms. The summed E-state index contributed by atoms with van der Waals surface area (Å²) in [4.78, 5) is 4.08.